The molecule has 2 rings (SSSR count). The Hall–Kier alpha value is -0.910. The van der Waals surface area contributed by atoms with E-state index in [0.717, 1.165) is 34.5 Å². The highest BCUT2D eigenvalue weighted by molar-refractivity contribution is 9.10. The van der Waals surface area contributed by atoms with Gasteiger partial charge in [-0.2, -0.15) is 5.10 Å². The average Bonchev–Trinajstić information content (AvgIpc) is 2.65. The second-order valence-corrected chi connectivity index (χ2v) is 5.91. The van der Waals surface area contributed by atoms with Crippen molar-refractivity contribution in [3.63, 3.8) is 0 Å². The van der Waals surface area contributed by atoms with Gasteiger partial charge in [-0.3, -0.25) is 9.67 Å². The van der Waals surface area contributed by atoms with Crippen molar-refractivity contribution in [2.75, 3.05) is 6.54 Å². The summed E-state index contributed by atoms with van der Waals surface area (Å²) in [4.78, 5) is 4.42. The van der Waals surface area contributed by atoms with Gasteiger partial charge in [0.1, 0.15) is 0 Å². The lowest BCUT2D eigenvalue weighted by Crippen LogP contribution is -2.24. The maximum Gasteiger partial charge on any atom is 0.0738 e. The number of rotatable bonds is 5. The first-order valence-corrected chi connectivity index (χ1v) is 7.72. The molecule has 20 heavy (non-hydrogen) atoms. The summed E-state index contributed by atoms with van der Waals surface area (Å²) in [6.45, 7) is 4.96. The third-order valence-corrected chi connectivity index (χ3v) is 4.47. The summed E-state index contributed by atoms with van der Waals surface area (Å²) in [5.41, 5.74) is 3.15. The quantitative estimate of drug-likeness (QED) is 0.891. The fourth-order valence-corrected chi connectivity index (χ4v) is 2.83. The highest BCUT2D eigenvalue weighted by atomic mass is 79.9. The van der Waals surface area contributed by atoms with E-state index in [1.165, 1.54) is 0 Å². The molecule has 0 aliphatic heterocycles. The molecule has 2 aromatic heterocycles. The first-order valence-electron chi connectivity index (χ1n) is 6.55. The molecule has 0 fully saturated rings. The van der Waals surface area contributed by atoms with Gasteiger partial charge < -0.3 is 5.32 Å². The molecule has 0 aliphatic carbocycles. The third kappa shape index (κ3) is 3.40. The molecule has 0 aliphatic rings. The number of halogens is 2. The number of aromatic nitrogens is 3. The number of hydrogen-bond donors (Lipinski definition) is 1. The van der Waals surface area contributed by atoms with E-state index in [1.807, 2.05) is 30.8 Å². The topological polar surface area (TPSA) is 42.7 Å². The van der Waals surface area contributed by atoms with Gasteiger partial charge in [0.2, 0.25) is 0 Å². The summed E-state index contributed by atoms with van der Waals surface area (Å²) >= 11 is 9.52. The number of likely N-dealkylation sites (N-methyl/N-ethyl adjacent to an activating group) is 1. The fraction of sp³-hybridized carbons (Fsp3) is 0.429. The van der Waals surface area contributed by atoms with Crippen LogP contribution >= 0.6 is 27.5 Å². The van der Waals surface area contributed by atoms with Crippen LogP contribution in [0.4, 0.5) is 0 Å². The molecule has 0 amide bonds. The molecule has 2 heterocycles. The molecule has 0 radical (unpaired) electrons. The molecule has 0 saturated heterocycles. The first kappa shape index (κ1) is 15.5. The van der Waals surface area contributed by atoms with Gasteiger partial charge in [-0.05, 0) is 41.5 Å². The fourth-order valence-electron chi connectivity index (χ4n) is 2.22. The normalized spacial score (nSPS) is 12.7. The standard InChI is InChI=1S/C14H18BrClN4/c1-4-17-12(11-6-5-10(16)8-18-11)7-13-14(15)9(2)19-20(13)3/h5-6,8,12,17H,4,7H2,1-3H3. The minimum atomic E-state index is 0.142. The van der Waals surface area contributed by atoms with E-state index >= 15 is 0 Å². The third-order valence-electron chi connectivity index (χ3n) is 3.22. The summed E-state index contributed by atoms with van der Waals surface area (Å²) in [7, 11) is 1.96. The van der Waals surface area contributed by atoms with Crippen LogP contribution in [0.25, 0.3) is 0 Å². The maximum absolute atomic E-state index is 5.90. The van der Waals surface area contributed by atoms with Crippen molar-refractivity contribution in [1.82, 2.24) is 20.1 Å². The van der Waals surface area contributed by atoms with Crippen LogP contribution in [0.15, 0.2) is 22.8 Å². The number of hydrogen-bond acceptors (Lipinski definition) is 3. The number of nitrogens with one attached hydrogen (secondary N) is 1. The molecule has 1 N–H and O–H groups in total. The zero-order chi connectivity index (χ0) is 14.7. The minimum Gasteiger partial charge on any atom is -0.309 e. The summed E-state index contributed by atoms with van der Waals surface area (Å²) in [5, 5.41) is 8.55. The minimum absolute atomic E-state index is 0.142. The van der Waals surface area contributed by atoms with E-state index in [1.54, 1.807) is 6.20 Å². The van der Waals surface area contributed by atoms with E-state index in [2.05, 4.69) is 38.3 Å². The molecule has 2 aromatic rings. The molecule has 4 nitrogen and oxygen atoms in total. The highest BCUT2D eigenvalue weighted by Crippen LogP contribution is 2.25. The summed E-state index contributed by atoms with van der Waals surface area (Å²) in [6, 6.07) is 3.98. The lowest BCUT2D eigenvalue weighted by atomic mass is 10.1. The van der Waals surface area contributed by atoms with E-state index < -0.39 is 0 Å². The monoisotopic (exact) mass is 356 g/mol. The number of nitrogens with zero attached hydrogens (tertiary/aromatic N) is 3. The molecule has 108 valence electrons. The molecule has 0 spiro atoms. The molecule has 6 heteroatoms. The second-order valence-electron chi connectivity index (χ2n) is 4.69. The Balaban J connectivity index is 2.27. The molecule has 0 aromatic carbocycles. The lowest BCUT2D eigenvalue weighted by Gasteiger charge is -2.18. The predicted molar refractivity (Wildman–Crippen MR) is 85.0 cm³/mol. The van der Waals surface area contributed by atoms with Crippen LogP contribution < -0.4 is 5.32 Å². The molecular weight excluding hydrogens is 340 g/mol. The molecule has 1 unspecified atom stereocenters. The van der Waals surface area contributed by atoms with Crippen molar-refractivity contribution in [3.05, 3.63) is 44.9 Å². The van der Waals surface area contributed by atoms with Crippen LogP contribution in [0.1, 0.15) is 30.0 Å². The zero-order valence-corrected chi connectivity index (χ0v) is 14.2. The van der Waals surface area contributed by atoms with Gasteiger partial charge in [-0.25, -0.2) is 0 Å². The molecular formula is C14H18BrClN4. The Labute approximate surface area is 132 Å². The second kappa shape index (κ2) is 6.70. The molecule has 0 bridgehead atoms. The van der Waals surface area contributed by atoms with Crippen LogP contribution in [0.5, 0.6) is 0 Å². The number of aryl methyl sites for hydroxylation is 2. The lowest BCUT2D eigenvalue weighted by molar-refractivity contribution is 0.516. The maximum atomic E-state index is 5.90. The van der Waals surface area contributed by atoms with Gasteiger partial charge >= 0.3 is 0 Å². The van der Waals surface area contributed by atoms with E-state index in [9.17, 15) is 0 Å². The van der Waals surface area contributed by atoms with E-state index in [-0.39, 0.29) is 6.04 Å². The van der Waals surface area contributed by atoms with Crippen LogP contribution in [0.2, 0.25) is 5.02 Å². The summed E-state index contributed by atoms with van der Waals surface area (Å²) < 4.78 is 2.98. The van der Waals surface area contributed by atoms with Crippen molar-refractivity contribution < 1.29 is 0 Å². The van der Waals surface area contributed by atoms with Gasteiger partial charge in [-0.1, -0.05) is 18.5 Å². The van der Waals surface area contributed by atoms with E-state index in [0.29, 0.717) is 5.02 Å². The smallest absolute Gasteiger partial charge is 0.0738 e. The largest absolute Gasteiger partial charge is 0.309 e. The Morgan fingerprint density at radius 2 is 2.20 bits per heavy atom. The SMILES string of the molecule is CCNC(Cc1c(Br)c(C)nn1C)c1ccc(Cl)cn1. The van der Waals surface area contributed by atoms with Gasteiger partial charge in [0.15, 0.2) is 0 Å². The van der Waals surface area contributed by atoms with Crippen molar-refractivity contribution in [3.8, 4) is 0 Å². The van der Waals surface area contributed by atoms with Crippen LogP contribution in [-0.4, -0.2) is 21.3 Å². The van der Waals surface area contributed by atoms with Crippen LogP contribution in [-0.2, 0) is 13.5 Å². The molecule has 0 saturated carbocycles. The van der Waals surface area contributed by atoms with Crippen molar-refractivity contribution in [2.45, 2.75) is 26.3 Å². The highest BCUT2D eigenvalue weighted by Gasteiger charge is 2.18. The van der Waals surface area contributed by atoms with Gasteiger partial charge in [-0.15, -0.1) is 0 Å². The Kier molecular flexibility index (Phi) is 5.18. The Bertz CT molecular complexity index is 580. The van der Waals surface area contributed by atoms with Crippen molar-refractivity contribution >= 4 is 27.5 Å². The van der Waals surface area contributed by atoms with Crippen LogP contribution in [0, 0.1) is 6.92 Å². The van der Waals surface area contributed by atoms with Gasteiger partial charge in [0, 0.05) is 19.7 Å². The van der Waals surface area contributed by atoms with Crippen molar-refractivity contribution in [1.29, 1.82) is 0 Å². The van der Waals surface area contributed by atoms with Gasteiger partial charge in [0.25, 0.3) is 0 Å². The van der Waals surface area contributed by atoms with Gasteiger partial charge in [0.05, 0.1) is 32.6 Å². The molecule has 1 atom stereocenters. The predicted octanol–water partition coefficient (Wildman–Crippen LogP) is 3.43. The van der Waals surface area contributed by atoms with E-state index in [4.69, 9.17) is 11.6 Å². The Morgan fingerprint density at radius 3 is 2.70 bits per heavy atom. The van der Waals surface area contributed by atoms with Crippen molar-refractivity contribution in [2.24, 2.45) is 7.05 Å². The van der Waals surface area contributed by atoms with Crippen LogP contribution in [0.3, 0.4) is 0 Å². The number of pyridine rings is 1. The Morgan fingerprint density at radius 1 is 1.45 bits per heavy atom. The first-order chi connectivity index (χ1) is 9.52. The average molecular weight is 358 g/mol. The summed E-state index contributed by atoms with van der Waals surface area (Å²) in [6.07, 6.45) is 2.51. The summed E-state index contributed by atoms with van der Waals surface area (Å²) in [5.74, 6) is 0. The zero-order valence-electron chi connectivity index (χ0n) is 11.8.